The van der Waals surface area contributed by atoms with Gasteiger partial charge < -0.3 is 0 Å². The summed E-state index contributed by atoms with van der Waals surface area (Å²) >= 11 is 0. The maximum atomic E-state index is 11.8. The number of rotatable bonds is 1. The number of hydrogen-bond acceptors (Lipinski definition) is 2. The van der Waals surface area contributed by atoms with Gasteiger partial charge in [-0.3, -0.25) is 9.59 Å². The zero-order valence-electron chi connectivity index (χ0n) is 10.3. The van der Waals surface area contributed by atoms with Crippen LogP contribution in [-0.2, 0) is 9.59 Å². The summed E-state index contributed by atoms with van der Waals surface area (Å²) in [5, 5.41) is 0. The smallest absolute Gasteiger partial charge is 0.137 e. The van der Waals surface area contributed by atoms with Crippen molar-refractivity contribution in [3.05, 3.63) is 11.1 Å². The Bertz CT molecular complexity index is 392. The second kappa shape index (κ2) is 4.40. The van der Waals surface area contributed by atoms with Crippen molar-refractivity contribution < 1.29 is 9.59 Å². The highest BCUT2D eigenvalue weighted by Gasteiger charge is 2.35. The van der Waals surface area contributed by atoms with Crippen molar-refractivity contribution in [3.8, 4) is 0 Å². The lowest BCUT2D eigenvalue weighted by Crippen LogP contribution is -2.25. The van der Waals surface area contributed by atoms with Crippen LogP contribution in [0, 0.1) is 11.8 Å². The number of ketones is 2. The number of Topliss-reactive ketones (excluding diaryl/α,β-unsaturated/α-hetero) is 2. The summed E-state index contributed by atoms with van der Waals surface area (Å²) in [6.07, 6.45) is 8.79. The first-order valence-corrected chi connectivity index (χ1v) is 6.98. The van der Waals surface area contributed by atoms with E-state index in [0.29, 0.717) is 29.8 Å². The van der Waals surface area contributed by atoms with Crippen LogP contribution in [0.4, 0.5) is 0 Å². The van der Waals surface area contributed by atoms with E-state index in [9.17, 15) is 9.59 Å². The molecule has 3 aliphatic rings. The highest BCUT2D eigenvalue weighted by Crippen LogP contribution is 2.43. The minimum atomic E-state index is 0.349. The molecule has 0 spiro atoms. The molecule has 0 aromatic rings. The summed E-state index contributed by atoms with van der Waals surface area (Å²) in [4.78, 5) is 23.2. The molecule has 0 N–H and O–H groups in total. The van der Waals surface area contributed by atoms with E-state index in [0.717, 1.165) is 51.4 Å². The van der Waals surface area contributed by atoms with Gasteiger partial charge in [0.2, 0.25) is 0 Å². The minimum absolute atomic E-state index is 0.349. The minimum Gasteiger partial charge on any atom is -0.299 e. The van der Waals surface area contributed by atoms with Crippen LogP contribution < -0.4 is 0 Å². The molecule has 0 bridgehead atoms. The number of hydrogen-bond donors (Lipinski definition) is 0. The van der Waals surface area contributed by atoms with Crippen LogP contribution >= 0.6 is 0 Å². The van der Waals surface area contributed by atoms with E-state index in [-0.39, 0.29) is 0 Å². The Morgan fingerprint density at radius 1 is 0.882 bits per heavy atom. The lowest BCUT2D eigenvalue weighted by Gasteiger charge is -2.32. The fraction of sp³-hybridized carbons (Fsp3) is 0.733. The maximum Gasteiger partial charge on any atom is 0.137 e. The molecule has 0 radical (unpaired) electrons. The average molecular weight is 232 g/mol. The predicted molar refractivity (Wildman–Crippen MR) is 65.6 cm³/mol. The molecule has 0 aromatic carbocycles. The van der Waals surface area contributed by atoms with Crippen molar-refractivity contribution in [3.63, 3.8) is 0 Å². The Balaban J connectivity index is 1.72. The first-order chi connectivity index (χ1) is 8.24. The van der Waals surface area contributed by atoms with Crippen molar-refractivity contribution in [2.24, 2.45) is 11.8 Å². The largest absolute Gasteiger partial charge is 0.299 e. The van der Waals surface area contributed by atoms with Crippen molar-refractivity contribution in [1.29, 1.82) is 0 Å². The molecule has 2 atom stereocenters. The van der Waals surface area contributed by atoms with Crippen LogP contribution in [0.5, 0.6) is 0 Å². The Labute approximate surface area is 102 Å². The fourth-order valence-electron chi connectivity index (χ4n) is 3.89. The van der Waals surface area contributed by atoms with Gasteiger partial charge in [-0.15, -0.1) is 0 Å². The standard InChI is InChI=1S/C15H20O2/c16-13-7-6-10-8-12(5-4-11(10)9-13)14-2-1-3-15(14)17/h12,14H,1-9H2/t12-,14+/m1/s1. The molecule has 3 aliphatic carbocycles. The van der Waals surface area contributed by atoms with Gasteiger partial charge >= 0.3 is 0 Å². The van der Waals surface area contributed by atoms with Crippen LogP contribution in [0.2, 0.25) is 0 Å². The molecule has 0 aliphatic heterocycles. The molecule has 0 unspecified atom stereocenters. The van der Waals surface area contributed by atoms with E-state index in [1.807, 2.05) is 0 Å². The van der Waals surface area contributed by atoms with Crippen LogP contribution in [0.1, 0.15) is 57.8 Å². The first kappa shape index (κ1) is 11.2. The monoisotopic (exact) mass is 232 g/mol. The lowest BCUT2D eigenvalue weighted by atomic mass is 9.72. The summed E-state index contributed by atoms with van der Waals surface area (Å²) in [6, 6.07) is 0. The van der Waals surface area contributed by atoms with Crippen molar-refractivity contribution in [2.45, 2.75) is 57.8 Å². The van der Waals surface area contributed by atoms with Crippen LogP contribution in [0.3, 0.4) is 0 Å². The van der Waals surface area contributed by atoms with Gasteiger partial charge in [-0.25, -0.2) is 0 Å². The summed E-state index contributed by atoms with van der Waals surface area (Å²) in [5.74, 6) is 1.86. The zero-order chi connectivity index (χ0) is 11.8. The van der Waals surface area contributed by atoms with Gasteiger partial charge in [0.15, 0.2) is 0 Å². The third kappa shape index (κ3) is 2.10. The molecule has 0 aromatic heterocycles. The highest BCUT2D eigenvalue weighted by atomic mass is 16.1. The molecule has 17 heavy (non-hydrogen) atoms. The number of allylic oxidation sites excluding steroid dienone is 2. The predicted octanol–water partition coefficient (Wildman–Crippen LogP) is 3.21. The quantitative estimate of drug-likeness (QED) is 0.650. The van der Waals surface area contributed by atoms with Crippen LogP contribution in [0.15, 0.2) is 11.1 Å². The molecule has 3 rings (SSSR count). The normalized spacial score (nSPS) is 34.1. The van der Waals surface area contributed by atoms with E-state index in [4.69, 9.17) is 0 Å². The SMILES string of the molecule is O=C1CCC2=C(CC[C@@H]([C@@H]3CCCC3=O)C2)C1. The van der Waals surface area contributed by atoms with Crippen LogP contribution in [-0.4, -0.2) is 11.6 Å². The van der Waals surface area contributed by atoms with Gasteiger partial charge in [-0.2, -0.15) is 0 Å². The van der Waals surface area contributed by atoms with Crippen molar-refractivity contribution in [2.75, 3.05) is 0 Å². The third-order valence-electron chi connectivity index (χ3n) is 4.86. The third-order valence-corrected chi connectivity index (χ3v) is 4.86. The summed E-state index contributed by atoms with van der Waals surface area (Å²) in [5.41, 5.74) is 2.95. The first-order valence-electron chi connectivity index (χ1n) is 6.98. The highest BCUT2D eigenvalue weighted by molar-refractivity contribution is 5.84. The molecular formula is C15H20O2. The summed E-state index contributed by atoms with van der Waals surface area (Å²) < 4.78 is 0. The van der Waals surface area contributed by atoms with E-state index in [2.05, 4.69) is 0 Å². The molecule has 2 nitrogen and oxygen atoms in total. The Morgan fingerprint density at radius 3 is 2.53 bits per heavy atom. The van der Waals surface area contributed by atoms with E-state index >= 15 is 0 Å². The molecule has 92 valence electrons. The zero-order valence-corrected chi connectivity index (χ0v) is 10.3. The van der Waals surface area contributed by atoms with Crippen LogP contribution in [0.25, 0.3) is 0 Å². The van der Waals surface area contributed by atoms with Crippen molar-refractivity contribution in [1.82, 2.24) is 0 Å². The lowest BCUT2D eigenvalue weighted by molar-refractivity contribution is -0.122. The van der Waals surface area contributed by atoms with Gasteiger partial charge in [-0.1, -0.05) is 11.1 Å². The van der Waals surface area contributed by atoms with Gasteiger partial charge in [-0.05, 0) is 44.4 Å². The van der Waals surface area contributed by atoms with Gasteiger partial charge in [0.1, 0.15) is 11.6 Å². The van der Waals surface area contributed by atoms with E-state index in [1.165, 1.54) is 11.1 Å². The Morgan fingerprint density at radius 2 is 1.76 bits per heavy atom. The molecule has 0 heterocycles. The second-order valence-electron chi connectivity index (χ2n) is 5.89. The molecule has 2 heteroatoms. The maximum absolute atomic E-state index is 11.8. The van der Waals surface area contributed by atoms with Crippen molar-refractivity contribution >= 4 is 11.6 Å². The van der Waals surface area contributed by atoms with Gasteiger partial charge in [0.05, 0.1) is 0 Å². The second-order valence-corrected chi connectivity index (χ2v) is 5.89. The summed E-state index contributed by atoms with van der Waals surface area (Å²) in [7, 11) is 0. The Kier molecular flexibility index (Phi) is 2.89. The van der Waals surface area contributed by atoms with Gasteiger partial charge in [0, 0.05) is 25.2 Å². The molecule has 0 amide bonds. The number of carbonyl (C=O) groups is 2. The molecule has 1 fully saturated rings. The molecular weight excluding hydrogens is 212 g/mol. The van der Waals surface area contributed by atoms with E-state index < -0.39 is 0 Å². The van der Waals surface area contributed by atoms with Gasteiger partial charge in [0.25, 0.3) is 0 Å². The molecule has 0 saturated heterocycles. The molecule has 1 saturated carbocycles. The number of carbonyl (C=O) groups excluding carboxylic acids is 2. The topological polar surface area (TPSA) is 34.1 Å². The average Bonchev–Trinajstić information content (AvgIpc) is 2.75. The fourth-order valence-corrected chi connectivity index (χ4v) is 3.89. The Hall–Kier alpha value is -0.920. The summed E-state index contributed by atoms with van der Waals surface area (Å²) in [6.45, 7) is 0. The van der Waals surface area contributed by atoms with E-state index in [1.54, 1.807) is 0 Å².